The molecular weight excluding hydrogens is 258 g/mol. The molecule has 20 heavy (non-hydrogen) atoms. The van der Waals surface area contributed by atoms with E-state index in [4.69, 9.17) is 10.5 Å². The molecule has 7 nitrogen and oxygen atoms in total. The second-order valence-corrected chi connectivity index (χ2v) is 5.16. The number of nitrogens with one attached hydrogen (secondary N) is 1. The van der Waals surface area contributed by atoms with Gasteiger partial charge in [0, 0.05) is 13.1 Å². The summed E-state index contributed by atoms with van der Waals surface area (Å²) in [5, 5.41) is 2.81. The van der Waals surface area contributed by atoms with Gasteiger partial charge in [0.25, 0.3) is 0 Å². The van der Waals surface area contributed by atoms with Gasteiger partial charge in [-0.3, -0.25) is 4.79 Å². The third kappa shape index (κ3) is 4.56. The van der Waals surface area contributed by atoms with Crippen LogP contribution in [0.15, 0.2) is 6.33 Å². The zero-order chi connectivity index (χ0) is 15.3. The number of carbonyl (C=O) groups excluding carboxylic acids is 1. The first-order valence-corrected chi connectivity index (χ1v) is 6.58. The molecule has 0 unspecified atom stereocenters. The van der Waals surface area contributed by atoms with Crippen LogP contribution in [0.2, 0.25) is 0 Å². The van der Waals surface area contributed by atoms with Crippen molar-refractivity contribution in [3.8, 4) is 5.88 Å². The molecule has 1 heterocycles. The van der Waals surface area contributed by atoms with Crippen LogP contribution >= 0.6 is 0 Å². The predicted octanol–water partition coefficient (Wildman–Crippen LogP) is 0.807. The van der Waals surface area contributed by atoms with Crippen molar-refractivity contribution in [2.45, 2.75) is 39.8 Å². The molecule has 3 N–H and O–H groups in total. The SMILES string of the molecule is CC(C)NC(=O)CN(C)c1ncnc(OC(C)C)c1N. The molecule has 0 atom stereocenters. The predicted molar refractivity (Wildman–Crippen MR) is 78.8 cm³/mol. The van der Waals surface area contributed by atoms with E-state index in [2.05, 4.69) is 15.3 Å². The average molecular weight is 281 g/mol. The minimum absolute atomic E-state index is 0.0328. The van der Waals surface area contributed by atoms with Gasteiger partial charge >= 0.3 is 0 Å². The number of nitrogen functional groups attached to an aromatic ring is 1. The Labute approximate surface area is 119 Å². The molecule has 0 bridgehead atoms. The summed E-state index contributed by atoms with van der Waals surface area (Å²) >= 11 is 0. The molecular formula is C13H23N5O2. The van der Waals surface area contributed by atoms with E-state index in [1.165, 1.54) is 6.33 Å². The molecule has 1 aromatic rings. The number of hydrogen-bond donors (Lipinski definition) is 2. The van der Waals surface area contributed by atoms with Gasteiger partial charge in [0.1, 0.15) is 12.0 Å². The monoisotopic (exact) mass is 281 g/mol. The van der Waals surface area contributed by atoms with Crippen LogP contribution in [0.5, 0.6) is 5.88 Å². The van der Waals surface area contributed by atoms with E-state index in [0.29, 0.717) is 17.4 Å². The molecule has 7 heteroatoms. The van der Waals surface area contributed by atoms with Crippen molar-refractivity contribution in [3.05, 3.63) is 6.33 Å². The fraction of sp³-hybridized carbons (Fsp3) is 0.615. The van der Waals surface area contributed by atoms with Gasteiger partial charge in [-0.15, -0.1) is 0 Å². The first-order valence-electron chi connectivity index (χ1n) is 6.58. The lowest BCUT2D eigenvalue weighted by Crippen LogP contribution is -2.39. The van der Waals surface area contributed by atoms with E-state index in [1.54, 1.807) is 11.9 Å². The van der Waals surface area contributed by atoms with Crippen LogP contribution in [0.25, 0.3) is 0 Å². The fourth-order valence-electron chi connectivity index (χ4n) is 1.65. The first kappa shape index (κ1) is 16.0. The van der Waals surface area contributed by atoms with Crippen LogP contribution in [-0.4, -0.2) is 41.6 Å². The van der Waals surface area contributed by atoms with Gasteiger partial charge in [0.15, 0.2) is 5.82 Å². The number of anilines is 2. The number of aromatic nitrogens is 2. The highest BCUT2D eigenvalue weighted by molar-refractivity contribution is 5.82. The van der Waals surface area contributed by atoms with Crippen LogP contribution in [-0.2, 0) is 4.79 Å². The Hall–Kier alpha value is -2.05. The van der Waals surface area contributed by atoms with Gasteiger partial charge in [0.05, 0.1) is 12.6 Å². The highest BCUT2D eigenvalue weighted by Crippen LogP contribution is 2.27. The van der Waals surface area contributed by atoms with E-state index in [0.717, 1.165) is 0 Å². The topological polar surface area (TPSA) is 93.4 Å². The zero-order valence-corrected chi connectivity index (χ0v) is 12.7. The van der Waals surface area contributed by atoms with Gasteiger partial charge in [-0.1, -0.05) is 0 Å². The number of carbonyl (C=O) groups is 1. The lowest BCUT2D eigenvalue weighted by atomic mass is 10.3. The molecule has 0 spiro atoms. The largest absolute Gasteiger partial charge is 0.473 e. The van der Waals surface area contributed by atoms with Crippen molar-refractivity contribution in [1.82, 2.24) is 15.3 Å². The summed E-state index contributed by atoms with van der Waals surface area (Å²) in [6.07, 6.45) is 1.34. The number of nitrogens with zero attached hydrogens (tertiary/aromatic N) is 3. The van der Waals surface area contributed by atoms with Crippen LogP contribution < -0.4 is 20.7 Å². The summed E-state index contributed by atoms with van der Waals surface area (Å²) in [6.45, 7) is 7.76. The molecule has 112 valence electrons. The third-order valence-corrected chi connectivity index (χ3v) is 2.37. The quantitative estimate of drug-likeness (QED) is 0.801. The Kier molecular flexibility index (Phi) is 5.54. The van der Waals surface area contributed by atoms with Gasteiger partial charge < -0.3 is 20.7 Å². The Morgan fingerprint density at radius 2 is 2.05 bits per heavy atom. The van der Waals surface area contributed by atoms with Crippen molar-refractivity contribution in [1.29, 1.82) is 0 Å². The number of ether oxygens (including phenoxy) is 1. The Morgan fingerprint density at radius 3 is 2.60 bits per heavy atom. The maximum atomic E-state index is 11.7. The molecule has 0 radical (unpaired) electrons. The summed E-state index contributed by atoms with van der Waals surface area (Å²) < 4.78 is 5.50. The van der Waals surface area contributed by atoms with Crippen LogP contribution in [0.3, 0.4) is 0 Å². The first-order chi connectivity index (χ1) is 9.31. The smallest absolute Gasteiger partial charge is 0.242 e. The lowest BCUT2D eigenvalue weighted by Gasteiger charge is -2.21. The Balaban J connectivity index is 2.82. The number of nitrogens with two attached hydrogens (primary N) is 1. The number of amides is 1. The highest BCUT2D eigenvalue weighted by atomic mass is 16.5. The molecule has 1 amide bonds. The molecule has 0 aliphatic heterocycles. The summed E-state index contributed by atoms with van der Waals surface area (Å²) in [4.78, 5) is 21.5. The minimum atomic E-state index is -0.0909. The lowest BCUT2D eigenvalue weighted by molar-refractivity contribution is -0.120. The second-order valence-electron chi connectivity index (χ2n) is 5.16. The molecule has 0 aromatic carbocycles. The van der Waals surface area contributed by atoms with E-state index >= 15 is 0 Å². The van der Waals surface area contributed by atoms with Crippen molar-refractivity contribution < 1.29 is 9.53 Å². The molecule has 0 fully saturated rings. The Morgan fingerprint density at radius 1 is 1.40 bits per heavy atom. The second kappa shape index (κ2) is 6.93. The normalized spacial score (nSPS) is 10.8. The summed E-state index contributed by atoms with van der Waals surface area (Å²) in [5.41, 5.74) is 6.32. The van der Waals surface area contributed by atoms with Crippen LogP contribution in [0, 0.1) is 0 Å². The molecule has 0 aliphatic carbocycles. The van der Waals surface area contributed by atoms with E-state index in [1.807, 2.05) is 27.7 Å². The maximum absolute atomic E-state index is 11.7. The molecule has 0 saturated carbocycles. The summed E-state index contributed by atoms with van der Waals surface area (Å²) in [5.74, 6) is 0.725. The number of hydrogen-bond acceptors (Lipinski definition) is 6. The van der Waals surface area contributed by atoms with Gasteiger partial charge in [-0.2, -0.15) is 4.98 Å². The van der Waals surface area contributed by atoms with Gasteiger partial charge in [-0.05, 0) is 27.7 Å². The standard InChI is InChI=1S/C13H23N5O2/c1-8(2)17-10(19)6-18(5)12-11(14)13(16-7-15-12)20-9(3)4/h7-9H,6,14H2,1-5H3,(H,17,19). The van der Waals surface area contributed by atoms with Crippen LogP contribution in [0.4, 0.5) is 11.5 Å². The number of rotatable bonds is 6. The van der Waals surface area contributed by atoms with E-state index in [-0.39, 0.29) is 24.6 Å². The van der Waals surface area contributed by atoms with E-state index < -0.39 is 0 Å². The van der Waals surface area contributed by atoms with Gasteiger partial charge in [-0.25, -0.2) is 4.98 Å². The van der Waals surface area contributed by atoms with Crippen molar-refractivity contribution in [2.75, 3.05) is 24.2 Å². The maximum Gasteiger partial charge on any atom is 0.242 e. The molecule has 1 aromatic heterocycles. The highest BCUT2D eigenvalue weighted by Gasteiger charge is 2.16. The number of likely N-dealkylation sites (N-methyl/N-ethyl adjacent to an activating group) is 1. The average Bonchev–Trinajstić information content (AvgIpc) is 2.29. The van der Waals surface area contributed by atoms with Crippen molar-refractivity contribution >= 4 is 17.4 Å². The summed E-state index contributed by atoms with van der Waals surface area (Å²) in [6, 6.07) is 0.0958. The minimum Gasteiger partial charge on any atom is -0.473 e. The van der Waals surface area contributed by atoms with Crippen LogP contribution in [0.1, 0.15) is 27.7 Å². The summed E-state index contributed by atoms with van der Waals surface area (Å²) in [7, 11) is 1.75. The molecule has 1 rings (SSSR count). The molecule has 0 aliphatic rings. The van der Waals surface area contributed by atoms with E-state index in [9.17, 15) is 4.79 Å². The third-order valence-electron chi connectivity index (χ3n) is 2.37. The zero-order valence-electron chi connectivity index (χ0n) is 12.7. The van der Waals surface area contributed by atoms with Crippen molar-refractivity contribution in [2.24, 2.45) is 0 Å². The van der Waals surface area contributed by atoms with Gasteiger partial charge in [0.2, 0.25) is 11.8 Å². The fourth-order valence-corrected chi connectivity index (χ4v) is 1.65. The molecule has 0 saturated heterocycles. The Bertz CT molecular complexity index is 462. The van der Waals surface area contributed by atoms with Crippen molar-refractivity contribution in [3.63, 3.8) is 0 Å².